The molecule has 4 N–H and O–H groups in total. The first-order valence-corrected chi connectivity index (χ1v) is 10.6. The molecule has 1 fully saturated rings. The van der Waals surface area contributed by atoms with E-state index in [0.717, 1.165) is 30.4 Å². The van der Waals surface area contributed by atoms with Gasteiger partial charge >= 0.3 is 6.03 Å². The van der Waals surface area contributed by atoms with Gasteiger partial charge < -0.3 is 21.3 Å². The maximum Gasteiger partial charge on any atom is 0.314 e. The fourth-order valence-electron chi connectivity index (χ4n) is 2.95. The number of benzene rings is 1. The van der Waals surface area contributed by atoms with Crippen molar-refractivity contribution in [1.82, 2.24) is 15.5 Å². The summed E-state index contributed by atoms with van der Waals surface area (Å²) in [5, 5.41) is 7.79. The molecule has 0 saturated carbocycles. The molecule has 144 valence electrons. The molecule has 0 aromatic heterocycles. The Morgan fingerprint density at radius 1 is 1.46 bits per heavy atom. The van der Waals surface area contributed by atoms with Gasteiger partial charge in [-0.3, -0.25) is 4.99 Å². The number of urea groups is 1. The molecule has 2 rings (SSSR count). The molecule has 8 heteroatoms. The minimum Gasteiger partial charge on any atom is -0.357 e. The number of guanidine groups is 1. The largest absolute Gasteiger partial charge is 0.357 e. The third-order valence-electron chi connectivity index (χ3n) is 4.41. The van der Waals surface area contributed by atoms with E-state index in [1.807, 2.05) is 18.2 Å². The highest BCUT2D eigenvalue weighted by molar-refractivity contribution is 7.98. The van der Waals surface area contributed by atoms with Gasteiger partial charge in [0.1, 0.15) is 0 Å². The molecule has 2 amide bonds. The number of halogens is 1. The molecule has 6 nitrogen and oxygen atoms in total. The molecule has 1 saturated heterocycles. The summed E-state index contributed by atoms with van der Waals surface area (Å²) in [4.78, 5) is 17.7. The quantitative estimate of drug-likeness (QED) is 0.509. The minimum absolute atomic E-state index is 0.251. The van der Waals surface area contributed by atoms with Crippen LogP contribution in [0.1, 0.15) is 30.6 Å². The number of aliphatic imine (C=N–C) groups is 1. The zero-order chi connectivity index (χ0) is 18.9. The predicted molar refractivity (Wildman–Crippen MR) is 111 cm³/mol. The summed E-state index contributed by atoms with van der Waals surface area (Å²) in [6.45, 7) is 4.88. The van der Waals surface area contributed by atoms with E-state index < -0.39 is 0 Å². The SMILES string of the molecule is CCNC(=NCC(SC)c1cccc(Cl)c1)NC1CCN(C(N)=O)CC1. The van der Waals surface area contributed by atoms with Crippen molar-refractivity contribution >= 4 is 35.4 Å². The standard InChI is InChI=1S/C18H28ClN5OS/c1-3-21-18(23-15-7-9-24(10-8-15)17(20)25)22-12-16(26-2)13-5-4-6-14(19)11-13/h4-6,11,15-16H,3,7-10,12H2,1-2H3,(H2,20,25)(H2,21,22,23). The van der Waals surface area contributed by atoms with Crippen LogP contribution in [0.25, 0.3) is 0 Å². The smallest absolute Gasteiger partial charge is 0.314 e. The first-order chi connectivity index (χ1) is 12.5. The molecule has 26 heavy (non-hydrogen) atoms. The number of hydrogen-bond donors (Lipinski definition) is 3. The normalized spacial score (nSPS) is 17.0. The van der Waals surface area contributed by atoms with Gasteiger partial charge in [0.05, 0.1) is 6.54 Å². The molecule has 1 aromatic carbocycles. The average Bonchev–Trinajstić information content (AvgIpc) is 2.63. The number of nitrogens with one attached hydrogen (secondary N) is 2. The molecule has 1 unspecified atom stereocenters. The van der Waals surface area contributed by atoms with E-state index in [0.29, 0.717) is 25.7 Å². The van der Waals surface area contributed by atoms with Gasteiger partial charge in [-0.1, -0.05) is 23.7 Å². The van der Waals surface area contributed by atoms with E-state index in [9.17, 15) is 4.79 Å². The summed E-state index contributed by atoms with van der Waals surface area (Å²) in [5.74, 6) is 0.811. The molecule has 0 aliphatic carbocycles. The third-order valence-corrected chi connectivity index (χ3v) is 5.64. The lowest BCUT2D eigenvalue weighted by atomic mass is 10.1. The summed E-state index contributed by atoms with van der Waals surface area (Å²) in [5.41, 5.74) is 6.52. The van der Waals surface area contributed by atoms with E-state index in [2.05, 4.69) is 29.9 Å². The van der Waals surface area contributed by atoms with Gasteiger partial charge in [0.2, 0.25) is 0 Å². The van der Waals surface area contributed by atoms with Crippen LogP contribution in [0.2, 0.25) is 5.02 Å². The fourth-order valence-corrected chi connectivity index (χ4v) is 3.80. The van der Waals surface area contributed by atoms with Crippen LogP contribution in [0, 0.1) is 0 Å². The van der Waals surface area contributed by atoms with Crippen molar-refractivity contribution < 1.29 is 4.79 Å². The molecule has 1 heterocycles. The Hall–Kier alpha value is -1.60. The van der Waals surface area contributed by atoms with Crippen molar-refractivity contribution in [2.45, 2.75) is 31.1 Å². The highest BCUT2D eigenvalue weighted by atomic mass is 35.5. The number of hydrogen-bond acceptors (Lipinski definition) is 3. The molecular formula is C18H28ClN5OS. The Labute approximate surface area is 164 Å². The number of carbonyl (C=O) groups excluding carboxylic acids is 1. The van der Waals surface area contributed by atoms with Gasteiger partial charge in [-0.15, -0.1) is 0 Å². The second-order valence-corrected chi connectivity index (χ2v) is 7.72. The number of rotatable bonds is 6. The van der Waals surface area contributed by atoms with Crippen LogP contribution in [-0.2, 0) is 0 Å². The van der Waals surface area contributed by atoms with Crippen LogP contribution in [0.15, 0.2) is 29.3 Å². The van der Waals surface area contributed by atoms with Gasteiger partial charge in [-0.2, -0.15) is 11.8 Å². The molecule has 0 spiro atoms. The number of thioether (sulfide) groups is 1. The second kappa shape index (κ2) is 10.5. The van der Waals surface area contributed by atoms with Gasteiger partial charge in [0, 0.05) is 35.9 Å². The Balaban J connectivity index is 1.96. The lowest BCUT2D eigenvalue weighted by Crippen LogP contribution is -2.50. The predicted octanol–water partition coefficient (Wildman–Crippen LogP) is 2.84. The zero-order valence-electron chi connectivity index (χ0n) is 15.4. The van der Waals surface area contributed by atoms with Crippen LogP contribution < -0.4 is 16.4 Å². The van der Waals surface area contributed by atoms with Crippen molar-refractivity contribution in [3.8, 4) is 0 Å². The molecule has 0 radical (unpaired) electrons. The highest BCUT2D eigenvalue weighted by Crippen LogP contribution is 2.28. The van der Waals surface area contributed by atoms with E-state index >= 15 is 0 Å². The van der Waals surface area contributed by atoms with E-state index in [1.54, 1.807) is 16.7 Å². The Kier molecular flexibility index (Phi) is 8.38. The number of nitrogens with zero attached hydrogens (tertiary/aromatic N) is 2. The van der Waals surface area contributed by atoms with Gasteiger partial charge in [0.15, 0.2) is 5.96 Å². The first-order valence-electron chi connectivity index (χ1n) is 8.91. The van der Waals surface area contributed by atoms with Crippen LogP contribution in [0.4, 0.5) is 4.79 Å². The van der Waals surface area contributed by atoms with E-state index in [1.165, 1.54) is 5.56 Å². The van der Waals surface area contributed by atoms with Crippen molar-refractivity contribution in [3.63, 3.8) is 0 Å². The average molecular weight is 398 g/mol. The lowest BCUT2D eigenvalue weighted by molar-refractivity contribution is 0.188. The molecule has 1 aromatic rings. The molecule has 0 bridgehead atoms. The number of amides is 2. The number of piperidine rings is 1. The summed E-state index contributed by atoms with van der Waals surface area (Å²) in [6, 6.07) is 7.90. The van der Waals surface area contributed by atoms with Gasteiger partial charge in [-0.25, -0.2) is 4.79 Å². The van der Waals surface area contributed by atoms with Gasteiger partial charge in [0.25, 0.3) is 0 Å². The summed E-state index contributed by atoms with van der Waals surface area (Å²) >= 11 is 7.88. The monoisotopic (exact) mass is 397 g/mol. The highest BCUT2D eigenvalue weighted by Gasteiger charge is 2.22. The second-order valence-electron chi connectivity index (χ2n) is 6.24. The first kappa shape index (κ1) is 20.7. The zero-order valence-corrected chi connectivity index (χ0v) is 16.9. The fraction of sp³-hybridized carbons (Fsp3) is 0.556. The van der Waals surface area contributed by atoms with Crippen LogP contribution >= 0.6 is 23.4 Å². The van der Waals surface area contributed by atoms with Crippen molar-refractivity contribution in [3.05, 3.63) is 34.9 Å². The molecular weight excluding hydrogens is 370 g/mol. The number of primary amides is 1. The lowest BCUT2D eigenvalue weighted by Gasteiger charge is -2.32. The maximum absolute atomic E-state index is 11.2. The summed E-state index contributed by atoms with van der Waals surface area (Å²) in [6.07, 6.45) is 3.82. The molecule has 1 atom stereocenters. The molecule has 1 aliphatic heterocycles. The van der Waals surface area contributed by atoms with E-state index in [4.69, 9.17) is 22.3 Å². The Morgan fingerprint density at radius 3 is 2.77 bits per heavy atom. The summed E-state index contributed by atoms with van der Waals surface area (Å²) < 4.78 is 0. The number of nitrogens with two attached hydrogens (primary N) is 1. The van der Waals surface area contributed by atoms with Crippen LogP contribution in [0.3, 0.4) is 0 Å². The third kappa shape index (κ3) is 6.29. The summed E-state index contributed by atoms with van der Waals surface area (Å²) in [7, 11) is 0. The van der Waals surface area contributed by atoms with Crippen molar-refractivity contribution in [2.75, 3.05) is 32.4 Å². The minimum atomic E-state index is -0.339. The van der Waals surface area contributed by atoms with Crippen LogP contribution in [0.5, 0.6) is 0 Å². The van der Waals surface area contributed by atoms with Gasteiger partial charge in [-0.05, 0) is 43.7 Å². The van der Waals surface area contributed by atoms with Crippen molar-refractivity contribution in [1.29, 1.82) is 0 Å². The maximum atomic E-state index is 11.2. The topological polar surface area (TPSA) is 82.8 Å². The van der Waals surface area contributed by atoms with E-state index in [-0.39, 0.29) is 11.3 Å². The number of likely N-dealkylation sites (tertiary alicyclic amines) is 1. The Bertz CT molecular complexity index is 619. The number of carbonyl (C=O) groups is 1. The van der Waals surface area contributed by atoms with Crippen molar-refractivity contribution in [2.24, 2.45) is 10.7 Å². The Morgan fingerprint density at radius 2 is 2.19 bits per heavy atom. The molecule has 1 aliphatic rings. The van der Waals surface area contributed by atoms with Crippen LogP contribution in [-0.4, -0.2) is 55.4 Å².